The van der Waals surface area contributed by atoms with E-state index in [1.807, 2.05) is 0 Å². The van der Waals surface area contributed by atoms with Crippen LogP contribution in [0.2, 0.25) is 0 Å². The molecule has 0 radical (unpaired) electrons. The highest BCUT2D eigenvalue weighted by atomic mass is 35.5. The van der Waals surface area contributed by atoms with E-state index in [2.05, 4.69) is 0 Å². The second kappa shape index (κ2) is 5.16. The maximum Gasteiger partial charge on any atom is 0.335 e. The molecule has 15 heavy (non-hydrogen) atoms. The van der Waals surface area contributed by atoms with Crippen molar-refractivity contribution in [2.24, 2.45) is 0 Å². The van der Waals surface area contributed by atoms with Gasteiger partial charge in [0.15, 0.2) is 0 Å². The van der Waals surface area contributed by atoms with Crippen LogP contribution in [0.25, 0.3) is 0 Å². The number of hydrogen-bond acceptors (Lipinski definition) is 4. The third-order valence-corrected chi connectivity index (χ3v) is 2.29. The first-order chi connectivity index (χ1) is 7.04. The Morgan fingerprint density at radius 2 is 2.27 bits per heavy atom. The van der Waals surface area contributed by atoms with Crippen LogP contribution >= 0.6 is 11.6 Å². The van der Waals surface area contributed by atoms with Gasteiger partial charge in [-0.2, -0.15) is 0 Å². The Morgan fingerprint density at radius 1 is 1.67 bits per heavy atom. The standard InChI is InChI=1S/C10H13ClO4/c1-3-14-10(13)8(6(2)11)4-7-5-9(12)15-7/h7H,3-5H2,1-2H3/b8-6-/t7-/m0/s1. The maximum absolute atomic E-state index is 11.4. The molecule has 1 aliphatic heterocycles. The van der Waals surface area contributed by atoms with Gasteiger partial charge in [-0.25, -0.2) is 4.79 Å². The Morgan fingerprint density at radius 3 is 2.67 bits per heavy atom. The van der Waals surface area contributed by atoms with Gasteiger partial charge in [-0.3, -0.25) is 4.79 Å². The molecule has 1 atom stereocenters. The molecule has 0 aromatic heterocycles. The number of esters is 2. The Labute approximate surface area is 93.2 Å². The van der Waals surface area contributed by atoms with Crippen LogP contribution in [0.4, 0.5) is 0 Å². The van der Waals surface area contributed by atoms with Gasteiger partial charge in [-0.15, -0.1) is 0 Å². The highest BCUT2D eigenvalue weighted by molar-refractivity contribution is 6.31. The second-order valence-corrected chi connectivity index (χ2v) is 3.82. The Bertz CT molecular complexity index is 297. The molecule has 1 rings (SSSR count). The molecule has 1 fully saturated rings. The average Bonchev–Trinajstić information content (AvgIpc) is 2.10. The van der Waals surface area contributed by atoms with Gasteiger partial charge in [0.25, 0.3) is 0 Å². The molecule has 0 saturated carbocycles. The molecule has 0 spiro atoms. The summed E-state index contributed by atoms with van der Waals surface area (Å²) in [6, 6.07) is 0. The van der Waals surface area contributed by atoms with Crippen LogP contribution in [0.3, 0.4) is 0 Å². The van der Waals surface area contributed by atoms with Gasteiger partial charge in [-0.05, 0) is 13.8 Å². The number of halogens is 1. The van der Waals surface area contributed by atoms with Crippen LogP contribution in [0.5, 0.6) is 0 Å². The summed E-state index contributed by atoms with van der Waals surface area (Å²) in [5.74, 6) is -0.677. The Kier molecular flexibility index (Phi) is 4.15. The van der Waals surface area contributed by atoms with Gasteiger partial charge in [0.05, 0.1) is 18.6 Å². The lowest BCUT2D eigenvalue weighted by Crippen LogP contribution is -2.34. The van der Waals surface area contributed by atoms with Gasteiger partial charge < -0.3 is 9.47 Å². The topological polar surface area (TPSA) is 52.6 Å². The molecular weight excluding hydrogens is 220 g/mol. The summed E-state index contributed by atoms with van der Waals surface area (Å²) >= 11 is 5.77. The summed E-state index contributed by atoms with van der Waals surface area (Å²) in [4.78, 5) is 22.0. The largest absolute Gasteiger partial charge is 0.463 e. The lowest BCUT2D eigenvalue weighted by atomic mass is 10.0. The lowest BCUT2D eigenvalue weighted by Gasteiger charge is -2.26. The van der Waals surface area contributed by atoms with Gasteiger partial charge in [0.1, 0.15) is 6.10 Å². The van der Waals surface area contributed by atoms with Crippen molar-refractivity contribution in [1.82, 2.24) is 0 Å². The van der Waals surface area contributed by atoms with Crippen molar-refractivity contribution < 1.29 is 19.1 Å². The monoisotopic (exact) mass is 232 g/mol. The number of carbonyl (C=O) groups is 2. The van der Waals surface area contributed by atoms with Crippen molar-refractivity contribution in [2.45, 2.75) is 32.8 Å². The SMILES string of the molecule is CCOC(=O)/C(C[C@H]1CC(=O)O1)=C(/C)Cl. The fourth-order valence-corrected chi connectivity index (χ4v) is 1.44. The first-order valence-electron chi connectivity index (χ1n) is 4.76. The summed E-state index contributed by atoms with van der Waals surface area (Å²) < 4.78 is 9.65. The number of allylic oxidation sites excluding steroid dienone is 1. The van der Waals surface area contributed by atoms with Crippen LogP contribution in [-0.4, -0.2) is 24.6 Å². The molecule has 0 unspecified atom stereocenters. The normalized spacial score (nSPS) is 21.3. The molecule has 0 aromatic carbocycles. The molecule has 1 saturated heterocycles. The molecule has 1 heterocycles. The van der Waals surface area contributed by atoms with Crippen molar-refractivity contribution in [1.29, 1.82) is 0 Å². The van der Waals surface area contributed by atoms with Crippen molar-refractivity contribution in [3.63, 3.8) is 0 Å². The zero-order valence-corrected chi connectivity index (χ0v) is 9.47. The minimum Gasteiger partial charge on any atom is -0.463 e. The molecule has 4 nitrogen and oxygen atoms in total. The fourth-order valence-electron chi connectivity index (χ4n) is 1.29. The third kappa shape index (κ3) is 3.23. The van der Waals surface area contributed by atoms with Crippen molar-refractivity contribution in [3.8, 4) is 0 Å². The number of hydrogen-bond donors (Lipinski definition) is 0. The first-order valence-corrected chi connectivity index (χ1v) is 5.14. The first kappa shape index (κ1) is 12.0. The van der Waals surface area contributed by atoms with Gasteiger partial charge >= 0.3 is 11.9 Å². The fraction of sp³-hybridized carbons (Fsp3) is 0.600. The van der Waals surface area contributed by atoms with Gasteiger partial charge in [-0.1, -0.05) is 11.6 Å². The van der Waals surface area contributed by atoms with Crippen molar-refractivity contribution in [3.05, 3.63) is 10.6 Å². The van der Waals surface area contributed by atoms with Crippen LogP contribution in [0, 0.1) is 0 Å². The smallest absolute Gasteiger partial charge is 0.335 e. The predicted octanol–water partition coefficient (Wildman–Crippen LogP) is 1.77. The molecule has 5 heteroatoms. The van der Waals surface area contributed by atoms with Gasteiger partial charge in [0, 0.05) is 11.5 Å². The van der Waals surface area contributed by atoms with E-state index in [-0.39, 0.29) is 12.1 Å². The third-order valence-electron chi connectivity index (χ3n) is 2.06. The van der Waals surface area contributed by atoms with Crippen LogP contribution in [0.15, 0.2) is 10.6 Å². The van der Waals surface area contributed by atoms with E-state index in [4.69, 9.17) is 21.1 Å². The highest BCUT2D eigenvalue weighted by Crippen LogP contribution is 2.24. The van der Waals surface area contributed by atoms with E-state index in [9.17, 15) is 9.59 Å². The molecule has 84 valence electrons. The Hall–Kier alpha value is -1.03. The van der Waals surface area contributed by atoms with Gasteiger partial charge in [0.2, 0.25) is 0 Å². The summed E-state index contributed by atoms with van der Waals surface area (Å²) in [6.07, 6.45) is 0.443. The quantitative estimate of drug-likeness (QED) is 0.548. The van der Waals surface area contributed by atoms with Crippen LogP contribution < -0.4 is 0 Å². The summed E-state index contributed by atoms with van der Waals surface area (Å²) in [5, 5.41) is 0.386. The number of rotatable bonds is 4. The van der Waals surface area contributed by atoms with E-state index in [0.717, 1.165) is 0 Å². The van der Waals surface area contributed by atoms with E-state index in [0.29, 0.717) is 30.1 Å². The molecule has 0 bridgehead atoms. The molecular formula is C10H13ClO4. The maximum atomic E-state index is 11.4. The van der Waals surface area contributed by atoms with Crippen LogP contribution in [0.1, 0.15) is 26.7 Å². The highest BCUT2D eigenvalue weighted by Gasteiger charge is 2.31. The summed E-state index contributed by atoms with van der Waals surface area (Å²) in [6.45, 7) is 3.65. The van der Waals surface area contributed by atoms with Crippen molar-refractivity contribution >= 4 is 23.5 Å². The molecule has 0 N–H and O–H groups in total. The zero-order valence-electron chi connectivity index (χ0n) is 8.71. The zero-order chi connectivity index (χ0) is 11.4. The minimum atomic E-state index is -0.437. The molecule has 0 aliphatic carbocycles. The molecule has 1 aliphatic rings. The average molecular weight is 233 g/mol. The molecule has 0 aromatic rings. The van der Waals surface area contributed by atoms with E-state index in [1.54, 1.807) is 13.8 Å². The summed E-state index contributed by atoms with van der Waals surface area (Å²) in [7, 11) is 0. The number of carbonyl (C=O) groups excluding carboxylic acids is 2. The molecule has 0 amide bonds. The van der Waals surface area contributed by atoms with E-state index in [1.165, 1.54) is 0 Å². The second-order valence-electron chi connectivity index (χ2n) is 3.25. The van der Waals surface area contributed by atoms with Crippen molar-refractivity contribution in [2.75, 3.05) is 6.61 Å². The minimum absolute atomic E-state index is 0.231. The lowest BCUT2D eigenvalue weighted by molar-refractivity contribution is -0.169. The Balaban J connectivity index is 2.56. The van der Waals surface area contributed by atoms with Crippen LogP contribution in [-0.2, 0) is 19.1 Å². The predicted molar refractivity (Wildman–Crippen MR) is 54.3 cm³/mol. The van der Waals surface area contributed by atoms with E-state index >= 15 is 0 Å². The number of cyclic esters (lactones) is 1. The summed E-state index contributed by atoms with van der Waals surface area (Å²) in [5.41, 5.74) is 0.385. The van der Waals surface area contributed by atoms with E-state index < -0.39 is 5.97 Å². The number of ether oxygens (including phenoxy) is 2.